The minimum absolute atomic E-state index is 0.500. The van der Waals surface area contributed by atoms with Crippen LogP contribution in [0.25, 0.3) is 0 Å². The lowest BCUT2D eigenvalue weighted by Crippen LogP contribution is -2.20. The smallest absolute Gasteiger partial charge is 0.0241 e. The molecule has 0 spiro atoms. The number of likely N-dealkylation sites (N-methyl/N-ethyl adjacent to an activating group) is 1. The maximum Gasteiger partial charge on any atom is 0.0241 e. The van der Waals surface area contributed by atoms with Crippen molar-refractivity contribution in [3.05, 3.63) is 25.4 Å². The van der Waals surface area contributed by atoms with Gasteiger partial charge in [0.25, 0.3) is 0 Å². The average Bonchev–Trinajstić information content (AvgIpc) is 2.24. The third-order valence-corrected chi connectivity index (χ3v) is 1.30. The predicted molar refractivity (Wildman–Crippen MR) is 63.9 cm³/mol. The van der Waals surface area contributed by atoms with Crippen molar-refractivity contribution in [2.75, 3.05) is 14.1 Å². The van der Waals surface area contributed by atoms with E-state index in [4.69, 9.17) is 0 Å². The van der Waals surface area contributed by atoms with Crippen molar-refractivity contribution >= 4 is 0 Å². The second-order valence-electron chi connectivity index (χ2n) is 2.03. The number of nitrogens with one attached hydrogen (secondary N) is 2. The van der Waals surface area contributed by atoms with Crippen LogP contribution in [0.1, 0.15) is 27.2 Å². The molecule has 0 amide bonds. The monoisotopic (exact) mass is 186 g/mol. The Hall–Kier alpha value is -0.760. The van der Waals surface area contributed by atoms with Gasteiger partial charge in [0.15, 0.2) is 0 Å². The van der Waals surface area contributed by atoms with E-state index in [0.29, 0.717) is 6.04 Å². The molecule has 0 aliphatic carbocycles. The fourth-order valence-corrected chi connectivity index (χ4v) is 0.489. The van der Waals surface area contributed by atoms with E-state index in [-0.39, 0.29) is 0 Å². The van der Waals surface area contributed by atoms with Gasteiger partial charge in [-0.3, -0.25) is 0 Å². The fourth-order valence-electron chi connectivity index (χ4n) is 0.489. The molecule has 0 aromatic heterocycles. The lowest BCUT2D eigenvalue weighted by atomic mass is 10.2. The van der Waals surface area contributed by atoms with Crippen LogP contribution < -0.4 is 10.6 Å². The first-order chi connectivity index (χ1) is 6.26. The molecule has 0 aromatic rings. The zero-order valence-electron chi connectivity index (χ0n) is 9.85. The van der Waals surface area contributed by atoms with Gasteiger partial charge in [0.05, 0.1) is 0 Å². The standard InChI is InChI=1S/C6H13N.C3H7N.C2H6/c1-4-6(5-2)7-3;1-3-4-2;1-2/h4,6-7H,1,5H2,2-3H3;3-4H,1H2,2H3;1-2H3. The summed E-state index contributed by atoms with van der Waals surface area (Å²) in [5, 5.41) is 5.78. The summed E-state index contributed by atoms with van der Waals surface area (Å²) in [5.74, 6) is 0. The van der Waals surface area contributed by atoms with Crippen LogP contribution >= 0.6 is 0 Å². The Balaban J connectivity index is -0.000000142. The average molecular weight is 186 g/mol. The van der Waals surface area contributed by atoms with Crippen molar-refractivity contribution in [3.8, 4) is 0 Å². The van der Waals surface area contributed by atoms with Gasteiger partial charge >= 0.3 is 0 Å². The van der Waals surface area contributed by atoms with Crippen LogP contribution in [0, 0.1) is 0 Å². The molecular weight excluding hydrogens is 160 g/mol. The van der Waals surface area contributed by atoms with Crippen LogP contribution in [0.3, 0.4) is 0 Å². The Labute approximate surface area is 84.1 Å². The van der Waals surface area contributed by atoms with Crippen molar-refractivity contribution in [1.29, 1.82) is 0 Å². The summed E-state index contributed by atoms with van der Waals surface area (Å²) in [6.45, 7) is 13.1. The van der Waals surface area contributed by atoms with Gasteiger partial charge in [-0.15, -0.1) is 6.58 Å². The maximum absolute atomic E-state index is 3.64. The Bertz CT molecular complexity index is 86.1. The topological polar surface area (TPSA) is 24.1 Å². The molecule has 0 saturated heterocycles. The van der Waals surface area contributed by atoms with E-state index in [2.05, 4.69) is 30.7 Å². The zero-order valence-corrected chi connectivity index (χ0v) is 9.85. The predicted octanol–water partition coefficient (Wildman–Crippen LogP) is 2.55. The number of hydrogen-bond acceptors (Lipinski definition) is 2. The van der Waals surface area contributed by atoms with E-state index < -0.39 is 0 Å². The quantitative estimate of drug-likeness (QED) is 0.659. The van der Waals surface area contributed by atoms with Crippen LogP contribution in [-0.2, 0) is 0 Å². The molecular formula is C11H26N2. The van der Waals surface area contributed by atoms with Gasteiger partial charge in [-0.1, -0.05) is 33.4 Å². The molecule has 2 nitrogen and oxygen atoms in total. The first kappa shape index (κ1) is 18.1. The maximum atomic E-state index is 3.64. The van der Waals surface area contributed by atoms with Crippen molar-refractivity contribution in [2.24, 2.45) is 0 Å². The summed E-state index contributed by atoms with van der Waals surface area (Å²) in [7, 11) is 3.75. The first-order valence-electron chi connectivity index (χ1n) is 4.84. The lowest BCUT2D eigenvalue weighted by molar-refractivity contribution is 0.649. The van der Waals surface area contributed by atoms with Crippen LogP contribution in [0.2, 0.25) is 0 Å². The molecule has 0 aliphatic rings. The van der Waals surface area contributed by atoms with Crippen LogP contribution in [0.4, 0.5) is 0 Å². The van der Waals surface area contributed by atoms with Gasteiger partial charge in [-0.05, 0) is 19.7 Å². The van der Waals surface area contributed by atoms with Crippen molar-refractivity contribution in [3.63, 3.8) is 0 Å². The summed E-state index contributed by atoms with van der Waals surface area (Å²) in [5.41, 5.74) is 0. The van der Waals surface area contributed by atoms with Gasteiger partial charge in [-0.25, -0.2) is 0 Å². The van der Waals surface area contributed by atoms with E-state index in [1.807, 2.05) is 34.0 Å². The molecule has 0 saturated carbocycles. The Kier molecular flexibility index (Phi) is 31.3. The van der Waals surface area contributed by atoms with E-state index in [0.717, 1.165) is 6.42 Å². The molecule has 80 valence electrons. The minimum atomic E-state index is 0.500. The second-order valence-corrected chi connectivity index (χ2v) is 2.03. The highest BCUT2D eigenvalue weighted by Crippen LogP contribution is 1.86. The second kappa shape index (κ2) is 22.5. The molecule has 1 atom stereocenters. The third kappa shape index (κ3) is 24.6. The molecule has 13 heavy (non-hydrogen) atoms. The molecule has 0 heterocycles. The van der Waals surface area contributed by atoms with Gasteiger partial charge in [0.2, 0.25) is 0 Å². The molecule has 2 N–H and O–H groups in total. The number of rotatable bonds is 4. The van der Waals surface area contributed by atoms with Crippen molar-refractivity contribution < 1.29 is 0 Å². The summed E-state index contributed by atoms with van der Waals surface area (Å²) < 4.78 is 0. The summed E-state index contributed by atoms with van der Waals surface area (Å²) in [6, 6.07) is 0.500. The van der Waals surface area contributed by atoms with Gasteiger partial charge < -0.3 is 10.6 Å². The Morgan fingerprint density at radius 1 is 1.23 bits per heavy atom. The molecule has 0 fully saturated rings. The van der Waals surface area contributed by atoms with Gasteiger partial charge in [0, 0.05) is 13.1 Å². The molecule has 1 unspecified atom stereocenters. The molecule has 0 rings (SSSR count). The third-order valence-electron chi connectivity index (χ3n) is 1.30. The highest BCUT2D eigenvalue weighted by atomic mass is 14.8. The summed E-state index contributed by atoms with van der Waals surface area (Å²) >= 11 is 0. The normalized spacial score (nSPS) is 9.31. The largest absolute Gasteiger partial charge is 0.394 e. The minimum Gasteiger partial charge on any atom is -0.394 e. The van der Waals surface area contributed by atoms with Crippen LogP contribution in [-0.4, -0.2) is 20.1 Å². The lowest BCUT2D eigenvalue weighted by Gasteiger charge is -2.04. The van der Waals surface area contributed by atoms with E-state index in [9.17, 15) is 0 Å². The van der Waals surface area contributed by atoms with E-state index >= 15 is 0 Å². The molecule has 0 bridgehead atoms. The molecule has 0 aromatic carbocycles. The van der Waals surface area contributed by atoms with Gasteiger partial charge in [-0.2, -0.15) is 0 Å². The summed E-state index contributed by atoms with van der Waals surface area (Å²) in [4.78, 5) is 0. The first-order valence-corrected chi connectivity index (χ1v) is 4.84. The Morgan fingerprint density at radius 2 is 1.62 bits per heavy atom. The van der Waals surface area contributed by atoms with Crippen LogP contribution in [0.15, 0.2) is 25.4 Å². The van der Waals surface area contributed by atoms with E-state index in [1.54, 1.807) is 6.20 Å². The SMILES string of the molecule is C=CC(CC)NC.C=CNC.CC. The molecule has 0 radical (unpaired) electrons. The van der Waals surface area contributed by atoms with Gasteiger partial charge in [0.1, 0.15) is 0 Å². The Morgan fingerprint density at radius 3 is 1.62 bits per heavy atom. The zero-order chi connectivity index (χ0) is 11.1. The van der Waals surface area contributed by atoms with Crippen molar-refractivity contribution in [1.82, 2.24) is 10.6 Å². The van der Waals surface area contributed by atoms with Crippen molar-refractivity contribution in [2.45, 2.75) is 33.2 Å². The molecule has 0 aliphatic heterocycles. The summed E-state index contributed by atoms with van der Waals surface area (Å²) in [6.07, 6.45) is 4.67. The molecule has 2 heteroatoms. The van der Waals surface area contributed by atoms with E-state index in [1.165, 1.54) is 0 Å². The highest BCUT2D eigenvalue weighted by Gasteiger charge is 1.90. The van der Waals surface area contributed by atoms with Crippen LogP contribution in [0.5, 0.6) is 0 Å². The highest BCUT2D eigenvalue weighted by molar-refractivity contribution is 4.82. The fraction of sp³-hybridized carbons (Fsp3) is 0.636. The number of hydrogen-bond donors (Lipinski definition) is 2.